The van der Waals surface area contributed by atoms with Gasteiger partial charge in [-0.1, -0.05) is 35.9 Å². The van der Waals surface area contributed by atoms with Crippen molar-refractivity contribution in [2.45, 2.75) is 39.4 Å². The maximum absolute atomic E-state index is 13.9. The van der Waals surface area contributed by atoms with Crippen molar-refractivity contribution in [3.63, 3.8) is 0 Å². The van der Waals surface area contributed by atoms with Crippen LogP contribution in [0.15, 0.2) is 48.5 Å². The number of carbonyl (C=O) groups excluding carboxylic acids is 1. The summed E-state index contributed by atoms with van der Waals surface area (Å²) < 4.78 is 25.1. The number of amides is 1. The lowest BCUT2D eigenvalue weighted by atomic mass is 9.99. The van der Waals surface area contributed by atoms with Crippen LogP contribution in [0.2, 0.25) is 5.02 Å². The first-order valence-electron chi connectivity index (χ1n) is 9.55. The summed E-state index contributed by atoms with van der Waals surface area (Å²) in [5.74, 6) is 0.276. The van der Waals surface area contributed by atoms with Crippen LogP contribution < -0.4 is 4.74 Å². The standard InChI is InChI=1S/C23H25ClFNO3/c1-23(2,3)29-22(27)26-11-9-16(10-12-26)17-5-4-6-20(13-17)28-15-18-7-8-19(24)14-21(18)25/h4-9,13-14H,10-12,15H2,1-3H3. The molecule has 0 aliphatic carbocycles. The van der Waals surface area contributed by atoms with Crippen LogP contribution >= 0.6 is 11.6 Å². The van der Waals surface area contributed by atoms with Crippen LogP contribution in [-0.4, -0.2) is 29.7 Å². The van der Waals surface area contributed by atoms with Gasteiger partial charge in [-0.2, -0.15) is 0 Å². The van der Waals surface area contributed by atoms with Crippen molar-refractivity contribution < 1.29 is 18.7 Å². The highest BCUT2D eigenvalue weighted by atomic mass is 35.5. The zero-order valence-electron chi connectivity index (χ0n) is 16.9. The van der Waals surface area contributed by atoms with E-state index in [4.69, 9.17) is 21.1 Å². The Morgan fingerprint density at radius 3 is 2.66 bits per heavy atom. The van der Waals surface area contributed by atoms with Crippen molar-refractivity contribution in [3.05, 3.63) is 70.5 Å². The largest absolute Gasteiger partial charge is 0.489 e. The molecule has 2 aromatic rings. The first-order chi connectivity index (χ1) is 13.7. The number of carbonyl (C=O) groups is 1. The maximum atomic E-state index is 13.9. The Morgan fingerprint density at radius 1 is 1.21 bits per heavy atom. The Morgan fingerprint density at radius 2 is 2.00 bits per heavy atom. The van der Waals surface area contributed by atoms with E-state index in [-0.39, 0.29) is 18.5 Å². The number of rotatable bonds is 4. The normalized spacial score (nSPS) is 14.4. The second-order valence-corrected chi connectivity index (χ2v) is 8.39. The second-order valence-electron chi connectivity index (χ2n) is 7.96. The minimum atomic E-state index is -0.504. The van der Waals surface area contributed by atoms with E-state index in [9.17, 15) is 9.18 Å². The molecule has 0 N–H and O–H groups in total. The van der Waals surface area contributed by atoms with Crippen molar-refractivity contribution in [2.75, 3.05) is 13.1 Å². The molecule has 0 aromatic heterocycles. The molecule has 1 aliphatic rings. The second kappa shape index (κ2) is 8.87. The van der Waals surface area contributed by atoms with Gasteiger partial charge in [-0.05, 0) is 62.6 Å². The van der Waals surface area contributed by atoms with Gasteiger partial charge in [0.25, 0.3) is 0 Å². The van der Waals surface area contributed by atoms with E-state index in [1.54, 1.807) is 17.0 Å². The molecular formula is C23H25ClFNO3. The van der Waals surface area contributed by atoms with Crippen molar-refractivity contribution in [1.82, 2.24) is 4.90 Å². The third-order valence-electron chi connectivity index (χ3n) is 4.48. The number of benzene rings is 2. The summed E-state index contributed by atoms with van der Waals surface area (Å²) in [6, 6.07) is 12.2. The number of halogens is 2. The molecule has 29 heavy (non-hydrogen) atoms. The molecule has 0 fully saturated rings. The topological polar surface area (TPSA) is 38.8 Å². The van der Waals surface area contributed by atoms with Crippen LogP contribution in [-0.2, 0) is 11.3 Å². The summed E-state index contributed by atoms with van der Waals surface area (Å²) >= 11 is 5.78. The van der Waals surface area contributed by atoms with Gasteiger partial charge >= 0.3 is 6.09 Å². The zero-order valence-corrected chi connectivity index (χ0v) is 17.6. The Bertz CT molecular complexity index is 921. The molecule has 0 spiro atoms. The molecule has 0 atom stereocenters. The highest BCUT2D eigenvalue weighted by Crippen LogP contribution is 2.27. The van der Waals surface area contributed by atoms with Crippen LogP contribution in [0.4, 0.5) is 9.18 Å². The van der Waals surface area contributed by atoms with Gasteiger partial charge in [-0.25, -0.2) is 9.18 Å². The fraction of sp³-hybridized carbons (Fsp3) is 0.348. The molecular weight excluding hydrogens is 393 g/mol. The lowest BCUT2D eigenvalue weighted by Gasteiger charge is -2.29. The molecule has 6 heteroatoms. The van der Waals surface area contributed by atoms with Gasteiger partial charge < -0.3 is 14.4 Å². The molecule has 1 amide bonds. The molecule has 3 rings (SSSR count). The summed E-state index contributed by atoms with van der Waals surface area (Å²) in [6.45, 7) is 6.80. The lowest BCUT2D eigenvalue weighted by molar-refractivity contribution is 0.0270. The molecule has 2 aromatic carbocycles. The molecule has 4 nitrogen and oxygen atoms in total. The lowest BCUT2D eigenvalue weighted by Crippen LogP contribution is -2.39. The van der Waals surface area contributed by atoms with Gasteiger partial charge in [0.05, 0.1) is 0 Å². The minimum Gasteiger partial charge on any atom is -0.489 e. The van der Waals surface area contributed by atoms with E-state index in [0.717, 1.165) is 17.6 Å². The van der Waals surface area contributed by atoms with Crippen LogP contribution in [0.1, 0.15) is 38.3 Å². The Labute approximate surface area is 175 Å². The molecule has 154 valence electrons. The molecule has 1 heterocycles. The average Bonchev–Trinajstić information content (AvgIpc) is 2.66. The fourth-order valence-electron chi connectivity index (χ4n) is 3.01. The summed E-state index contributed by atoms with van der Waals surface area (Å²) in [5, 5.41) is 0.359. The quantitative estimate of drug-likeness (QED) is 0.604. The molecule has 0 radical (unpaired) electrons. The van der Waals surface area contributed by atoms with E-state index in [1.807, 2.05) is 51.1 Å². The van der Waals surface area contributed by atoms with Crippen LogP contribution in [0, 0.1) is 5.82 Å². The van der Waals surface area contributed by atoms with Crippen LogP contribution in [0.3, 0.4) is 0 Å². The smallest absolute Gasteiger partial charge is 0.410 e. The number of hydrogen-bond acceptors (Lipinski definition) is 3. The summed E-state index contributed by atoms with van der Waals surface area (Å²) in [6.07, 6.45) is 2.47. The molecule has 0 saturated carbocycles. The number of nitrogens with zero attached hydrogens (tertiary/aromatic N) is 1. The molecule has 0 unspecified atom stereocenters. The molecule has 0 saturated heterocycles. The Kier molecular flexibility index (Phi) is 6.48. The molecule has 0 bridgehead atoms. The van der Waals surface area contributed by atoms with E-state index >= 15 is 0 Å². The average molecular weight is 418 g/mol. The summed E-state index contributed by atoms with van der Waals surface area (Å²) in [7, 11) is 0. The third-order valence-corrected chi connectivity index (χ3v) is 4.71. The first-order valence-corrected chi connectivity index (χ1v) is 9.93. The number of hydrogen-bond donors (Lipinski definition) is 0. The van der Waals surface area contributed by atoms with Crippen molar-refractivity contribution in [3.8, 4) is 5.75 Å². The summed E-state index contributed by atoms with van der Waals surface area (Å²) in [5.41, 5.74) is 2.12. The van der Waals surface area contributed by atoms with Gasteiger partial charge in [-0.15, -0.1) is 0 Å². The van der Waals surface area contributed by atoms with E-state index in [1.165, 1.54) is 6.07 Å². The van der Waals surface area contributed by atoms with Crippen LogP contribution in [0.5, 0.6) is 5.75 Å². The Hall–Kier alpha value is -2.53. The van der Waals surface area contributed by atoms with Gasteiger partial charge in [0.15, 0.2) is 0 Å². The zero-order chi connectivity index (χ0) is 21.0. The summed E-state index contributed by atoms with van der Waals surface area (Å²) in [4.78, 5) is 13.9. The van der Waals surface area contributed by atoms with Crippen molar-refractivity contribution >= 4 is 23.3 Å². The number of ether oxygens (including phenoxy) is 2. The highest BCUT2D eigenvalue weighted by molar-refractivity contribution is 6.30. The van der Waals surface area contributed by atoms with Crippen molar-refractivity contribution in [1.29, 1.82) is 0 Å². The minimum absolute atomic E-state index is 0.123. The van der Waals surface area contributed by atoms with Crippen molar-refractivity contribution in [2.24, 2.45) is 0 Å². The predicted molar refractivity (Wildman–Crippen MR) is 113 cm³/mol. The first kappa shape index (κ1) is 21.2. The fourth-order valence-corrected chi connectivity index (χ4v) is 3.17. The van der Waals surface area contributed by atoms with Gasteiger partial charge in [0.1, 0.15) is 23.8 Å². The SMILES string of the molecule is CC(C)(C)OC(=O)N1CC=C(c2cccc(OCc3ccc(Cl)cc3F)c2)CC1. The monoisotopic (exact) mass is 417 g/mol. The molecule has 1 aliphatic heterocycles. The van der Waals surface area contributed by atoms with Gasteiger partial charge in [-0.3, -0.25) is 0 Å². The van der Waals surface area contributed by atoms with E-state index in [2.05, 4.69) is 0 Å². The van der Waals surface area contributed by atoms with Crippen LogP contribution in [0.25, 0.3) is 5.57 Å². The Balaban J connectivity index is 1.63. The van der Waals surface area contributed by atoms with E-state index < -0.39 is 5.60 Å². The maximum Gasteiger partial charge on any atom is 0.410 e. The van der Waals surface area contributed by atoms with E-state index in [0.29, 0.717) is 29.4 Å². The predicted octanol–water partition coefficient (Wildman–Crippen LogP) is 6.08. The van der Waals surface area contributed by atoms with Gasteiger partial charge in [0, 0.05) is 23.7 Å². The third kappa shape index (κ3) is 5.97. The highest BCUT2D eigenvalue weighted by Gasteiger charge is 2.23. The van der Waals surface area contributed by atoms with Gasteiger partial charge in [0.2, 0.25) is 0 Å².